The van der Waals surface area contributed by atoms with Gasteiger partial charge in [0, 0.05) is 25.1 Å². The first-order valence-electron chi connectivity index (χ1n) is 8.59. The highest BCUT2D eigenvalue weighted by molar-refractivity contribution is 5.93. The zero-order valence-corrected chi connectivity index (χ0v) is 14.7. The summed E-state index contributed by atoms with van der Waals surface area (Å²) in [6, 6.07) is 8.23. The number of rotatable bonds is 6. The molecule has 2 aromatic rings. The van der Waals surface area contributed by atoms with E-state index in [1.165, 1.54) is 4.90 Å². The Labute approximate surface area is 155 Å². The standard InChI is InChI=1S/C18H21N5O4/c19-12(6-7-13(20)24)17(25)22-8-9-23-14(10-22)21-15(16(23)18(26)27)11-4-2-1-3-5-11/h1-5,12H,6-10,19H2,(H2,20,24)(H,26,27)/t12-/m0/s1. The van der Waals surface area contributed by atoms with Crippen molar-refractivity contribution in [2.75, 3.05) is 6.54 Å². The lowest BCUT2D eigenvalue weighted by atomic mass is 10.1. The van der Waals surface area contributed by atoms with E-state index in [0.29, 0.717) is 30.2 Å². The molecule has 0 radical (unpaired) electrons. The average Bonchev–Trinajstić information content (AvgIpc) is 3.05. The molecule has 0 saturated carbocycles. The molecule has 1 aromatic carbocycles. The third-order valence-electron chi connectivity index (χ3n) is 4.55. The molecule has 9 heteroatoms. The van der Waals surface area contributed by atoms with Crippen molar-refractivity contribution in [3.05, 3.63) is 41.9 Å². The lowest BCUT2D eigenvalue weighted by Gasteiger charge is -2.30. The number of carboxylic acid groups (broad SMARTS) is 1. The SMILES string of the molecule is NC(=O)CC[C@H](N)C(=O)N1CCn2c(nc(-c3ccccc3)c2C(=O)O)C1. The normalized spacial score (nSPS) is 14.5. The molecule has 0 bridgehead atoms. The van der Waals surface area contributed by atoms with E-state index in [4.69, 9.17) is 11.5 Å². The van der Waals surface area contributed by atoms with Gasteiger partial charge in [-0.3, -0.25) is 9.59 Å². The van der Waals surface area contributed by atoms with E-state index < -0.39 is 17.9 Å². The molecule has 0 spiro atoms. The monoisotopic (exact) mass is 371 g/mol. The van der Waals surface area contributed by atoms with E-state index in [1.807, 2.05) is 18.2 Å². The van der Waals surface area contributed by atoms with Gasteiger partial charge in [-0.15, -0.1) is 0 Å². The second-order valence-corrected chi connectivity index (χ2v) is 6.42. The fourth-order valence-electron chi connectivity index (χ4n) is 3.19. The van der Waals surface area contributed by atoms with E-state index in [-0.39, 0.29) is 31.0 Å². The van der Waals surface area contributed by atoms with Crippen LogP contribution in [0.4, 0.5) is 0 Å². The van der Waals surface area contributed by atoms with Crippen LogP contribution < -0.4 is 11.5 Å². The maximum Gasteiger partial charge on any atom is 0.354 e. The maximum atomic E-state index is 12.5. The number of nitrogens with two attached hydrogens (primary N) is 2. The summed E-state index contributed by atoms with van der Waals surface area (Å²) in [5.74, 6) is -1.38. The number of carbonyl (C=O) groups is 3. The molecule has 5 N–H and O–H groups in total. The largest absolute Gasteiger partial charge is 0.477 e. The number of fused-ring (bicyclic) bond motifs is 1. The van der Waals surface area contributed by atoms with Gasteiger partial charge in [0.05, 0.1) is 12.6 Å². The zero-order chi connectivity index (χ0) is 19.6. The third kappa shape index (κ3) is 3.82. The first-order valence-corrected chi connectivity index (χ1v) is 8.59. The molecule has 1 aliphatic heterocycles. The van der Waals surface area contributed by atoms with Gasteiger partial charge in [0.15, 0.2) is 5.69 Å². The van der Waals surface area contributed by atoms with Crippen molar-refractivity contribution >= 4 is 17.8 Å². The van der Waals surface area contributed by atoms with Crippen LogP contribution in [-0.2, 0) is 22.7 Å². The molecule has 3 rings (SSSR count). The van der Waals surface area contributed by atoms with Crippen molar-refractivity contribution in [1.29, 1.82) is 0 Å². The fraction of sp³-hybridized carbons (Fsp3) is 0.333. The second-order valence-electron chi connectivity index (χ2n) is 6.42. The average molecular weight is 371 g/mol. The first kappa shape index (κ1) is 18.6. The highest BCUT2D eigenvalue weighted by atomic mass is 16.4. The highest BCUT2D eigenvalue weighted by Gasteiger charge is 2.31. The van der Waals surface area contributed by atoms with Crippen LogP contribution in [0.5, 0.6) is 0 Å². The number of hydrogen-bond acceptors (Lipinski definition) is 5. The Kier molecular flexibility index (Phi) is 5.22. The Morgan fingerprint density at radius 3 is 2.52 bits per heavy atom. The molecule has 1 aromatic heterocycles. The summed E-state index contributed by atoms with van der Waals surface area (Å²) in [4.78, 5) is 41.2. The van der Waals surface area contributed by atoms with E-state index in [9.17, 15) is 19.5 Å². The minimum Gasteiger partial charge on any atom is -0.477 e. The van der Waals surface area contributed by atoms with Crippen LogP contribution in [0.2, 0.25) is 0 Å². The van der Waals surface area contributed by atoms with Gasteiger partial charge in [-0.05, 0) is 6.42 Å². The molecule has 0 unspecified atom stereocenters. The number of hydrogen-bond donors (Lipinski definition) is 3. The Balaban J connectivity index is 1.85. The molecular weight excluding hydrogens is 350 g/mol. The van der Waals surface area contributed by atoms with Gasteiger partial charge in [0.2, 0.25) is 11.8 Å². The van der Waals surface area contributed by atoms with Gasteiger partial charge in [0.1, 0.15) is 11.5 Å². The van der Waals surface area contributed by atoms with Crippen LogP contribution in [0.25, 0.3) is 11.3 Å². The lowest BCUT2D eigenvalue weighted by Crippen LogP contribution is -2.47. The zero-order valence-electron chi connectivity index (χ0n) is 14.7. The van der Waals surface area contributed by atoms with E-state index >= 15 is 0 Å². The first-order chi connectivity index (χ1) is 12.9. The van der Waals surface area contributed by atoms with Crippen molar-refractivity contribution < 1.29 is 19.5 Å². The molecular formula is C18H21N5O4. The lowest BCUT2D eigenvalue weighted by molar-refractivity contribution is -0.134. The van der Waals surface area contributed by atoms with Gasteiger partial charge in [-0.1, -0.05) is 30.3 Å². The topological polar surface area (TPSA) is 145 Å². The minimum absolute atomic E-state index is 0.0384. The van der Waals surface area contributed by atoms with Crippen LogP contribution in [0.1, 0.15) is 29.2 Å². The highest BCUT2D eigenvalue weighted by Crippen LogP contribution is 2.27. The number of primary amides is 1. The van der Waals surface area contributed by atoms with Gasteiger partial charge < -0.3 is 26.0 Å². The van der Waals surface area contributed by atoms with Crippen LogP contribution in [0.3, 0.4) is 0 Å². The van der Waals surface area contributed by atoms with Gasteiger partial charge in [-0.25, -0.2) is 9.78 Å². The Morgan fingerprint density at radius 1 is 1.19 bits per heavy atom. The van der Waals surface area contributed by atoms with Gasteiger partial charge >= 0.3 is 5.97 Å². The summed E-state index contributed by atoms with van der Waals surface area (Å²) in [6.45, 7) is 0.794. The summed E-state index contributed by atoms with van der Waals surface area (Å²) in [7, 11) is 0. The molecule has 27 heavy (non-hydrogen) atoms. The number of amides is 2. The summed E-state index contributed by atoms with van der Waals surface area (Å²) in [6.07, 6.45) is 0.214. The number of aromatic nitrogens is 2. The second kappa shape index (κ2) is 7.58. The number of nitrogens with zero attached hydrogens (tertiary/aromatic N) is 3. The summed E-state index contributed by atoms with van der Waals surface area (Å²) >= 11 is 0. The molecule has 0 saturated heterocycles. The molecule has 0 aliphatic carbocycles. The van der Waals surface area contributed by atoms with Crippen LogP contribution in [0.15, 0.2) is 30.3 Å². The number of imidazole rings is 1. The molecule has 9 nitrogen and oxygen atoms in total. The number of benzene rings is 1. The number of carboxylic acids is 1. The molecule has 142 valence electrons. The quantitative estimate of drug-likeness (QED) is 0.661. The molecule has 1 aliphatic rings. The van der Waals surface area contributed by atoms with Gasteiger partial charge in [0.25, 0.3) is 0 Å². The van der Waals surface area contributed by atoms with E-state index in [2.05, 4.69) is 4.98 Å². The van der Waals surface area contributed by atoms with Crippen molar-refractivity contribution in [2.45, 2.75) is 32.0 Å². The molecule has 0 fully saturated rings. The molecule has 1 atom stereocenters. The maximum absolute atomic E-state index is 12.5. The van der Waals surface area contributed by atoms with Crippen molar-refractivity contribution in [3.63, 3.8) is 0 Å². The van der Waals surface area contributed by atoms with Crippen molar-refractivity contribution in [1.82, 2.24) is 14.5 Å². The Hall–Kier alpha value is -3.20. The predicted molar refractivity (Wildman–Crippen MR) is 96.4 cm³/mol. The van der Waals surface area contributed by atoms with Crippen LogP contribution >= 0.6 is 0 Å². The Morgan fingerprint density at radius 2 is 1.89 bits per heavy atom. The Bertz CT molecular complexity index is 877. The number of aromatic carboxylic acids is 1. The van der Waals surface area contributed by atoms with Crippen molar-refractivity contribution in [2.24, 2.45) is 11.5 Å². The third-order valence-corrected chi connectivity index (χ3v) is 4.55. The van der Waals surface area contributed by atoms with E-state index in [0.717, 1.165) is 0 Å². The van der Waals surface area contributed by atoms with Gasteiger partial charge in [-0.2, -0.15) is 0 Å². The summed E-state index contributed by atoms with van der Waals surface area (Å²) < 4.78 is 1.63. The minimum atomic E-state index is -1.06. The molecule has 2 amide bonds. The van der Waals surface area contributed by atoms with Crippen LogP contribution in [-0.4, -0.2) is 49.9 Å². The van der Waals surface area contributed by atoms with Crippen LogP contribution in [0, 0.1) is 0 Å². The summed E-state index contributed by atoms with van der Waals surface area (Å²) in [5.41, 5.74) is 12.2. The molecule has 2 heterocycles. The summed E-state index contributed by atoms with van der Waals surface area (Å²) in [5, 5.41) is 9.65. The smallest absolute Gasteiger partial charge is 0.354 e. The van der Waals surface area contributed by atoms with Crippen molar-refractivity contribution in [3.8, 4) is 11.3 Å². The predicted octanol–water partition coefficient (Wildman–Crippen LogP) is 0.183. The number of carbonyl (C=O) groups excluding carboxylic acids is 2. The fourth-order valence-corrected chi connectivity index (χ4v) is 3.19. The van der Waals surface area contributed by atoms with E-state index in [1.54, 1.807) is 16.7 Å².